The van der Waals surface area contributed by atoms with Crippen molar-refractivity contribution < 1.29 is 14.7 Å². The molecule has 1 aromatic heterocycles. The summed E-state index contributed by atoms with van der Waals surface area (Å²) in [6.07, 6.45) is 1.36. The van der Waals surface area contributed by atoms with Crippen LogP contribution in [0.1, 0.15) is 34.2 Å². The molecule has 5 heteroatoms. The Morgan fingerprint density at radius 3 is 2.52 bits per heavy atom. The Labute approximate surface area is 134 Å². The van der Waals surface area contributed by atoms with Crippen molar-refractivity contribution in [3.63, 3.8) is 0 Å². The van der Waals surface area contributed by atoms with Gasteiger partial charge in [-0.25, -0.2) is 4.79 Å². The molecule has 0 fully saturated rings. The summed E-state index contributed by atoms with van der Waals surface area (Å²) >= 11 is 0. The van der Waals surface area contributed by atoms with Crippen LogP contribution in [0.3, 0.4) is 0 Å². The lowest BCUT2D eigenvalue weighted by Crippen LogP contribution is -2.02. The number of aryl methyl sites for hydroxylation is 1. The molecule has 1 N–H and O–H groups in total. The van der Waals surface area contributed by atoms with Crippen LogP contribution in [-0.4, -0.2) is 21.4 Å². The molecule has 0 unspecified atom stereocenters. The number of aromatic nitrogens is 1. The molecule has 2 rings (SSSR count). The highest BCUT2D eigenvalue weighted by Gasteiger charge is 2.13. The third-order valence-corrected chi connectivity index (χ3v) is 3.63. The predicted octanol–water partition coefficient (Wildman–Crippen LogP) is 3.29. The van der Waals surface area contributed by atoms with Gasteiger partial charge in [-0.1, -0.05) is 12.1 Å². The summed E-state index contributed by atoms with van der Waals surface area (Å²) in [4.78, 5) is 22.5. The second kappa shape index (κ2) is 6.32. The average molecular weight is 308 g/mol. The van der Waals surface area contributed by atoms with Gasteiger partial charge in [0.05, 0.1) is 0 Å². The lowest BCUT2D eigenvalue weighted by atomic mass is 10.1. The summed E-state index contributed by atoms with van der Waals surface area (Å²) in [5, 5.41) is 17.9. The van der Waals surface area contributed by atoms with Gasteiger partial charge in [-0.05, 0) is 50.6 Å². The van der Waals surface area contributed by atoms with Crippen LogP contribution in [-0.2, 0) is 4.79 Å². The van der Waals surface area contributed by atoms with Gasteiger partial charge in [0, 0.05) is 22.6 Å². The van der Waals surface area contributed by atoms with Crippen molar-refractivity contribution in [2.24, 2.45) is 0 Å². The third-order valence-electron chi connectivity index (χ3n) is 3.63. The smallest absolute Gasteiger partial charge is 0.346 e. The van der Waals surface area contributed by atoms with Crippen molar-refractivity contribution in [2.75, 3.05) is 0 Å². The van der Waals surface area contributed by atoms with Crippen molar-refractivity contribution in [3.05, 3.63) is 58.4 Å². The molecule has 0 aliphatic rings. The molecule has 0 saturated heterocycles. The molecule has 0 amide bonds. The number of benzene rings is 1. The summed E-state index contributed by atoms with van der Waals surface area (Å²) in [7, 11) is 0. The second-order valence-electron chi connectivity index (χ2n) is 5.24. The molecule has 0 spiro atoms. The van der Waals surface area contributed by atoms with E-state index in [1.165, 1.54) is 13.0 Å². The van der Waals surface area contributed by atoms with Gasteiger partial charge in [-0.3, -0.25) is 4.79 Å². The van der Waals surface area contributed by atoms with Crippen LogP contribution < -0.4 is 0 Å². The fraction of sp³-hybridized carbons (Fsp3) is 0.167. The Hall–Kier alpha value is -3.13. The van der Waals surface area contributed by atoms with Crippen LogP contribution in [0.4, 0.5) is 0 Å². The lowest BCUT2D eigenvalue weighted by molar-refractivity contribution is -0.132. The lowest BCUT2D eigenvalue weighted by Gasteiger charge is -2.10. The Morgan fingerprint density at radius 1 is 1.26 bits per heavy atom. The van der Waals surface area contributed by atoms with E-state index in [9.17, 15) is 9.59 Å². The summed E-state index contributed by atoms with van der Waals surface area (Å²) in [5.41, 5.74) is 3.46. The molecule has 5 nitrogen and oxygen atoms in total. The molecule has 0 bridgehead atoms. The number of carboxylic acid groups (broad SMARTS) is 1. The van der Waals surface area contributed by atoms with Gasteiger partial charge >= 0.3 is 5.97 Å². The van der Waals surface area contributed by atoms with Crippen molar-refractivity contribution >= 4 is 17.8 Å². The summed E-state index contributed by atoms with van der Waals surface area (Å²) < 4.78 is 1.93. The largest absolute Gasteiger partial charge is 0.477 e. The molecule has 0 radical (unpaired) electrons. The Morgan fingerprint density at radius 2 is 1.96 bits per heavy atom. The molecule has 0 aliphatic carbocycles. The van der Waals surface area contributed by atoms with Crippen LogP contribution in [0.5, 0.6) is 0 Å². The predicted molar refractivity (Wildman–Crippen MR) is 86.5 cm³/mol. The monoisotopic (exact) mass is 308 g/mol. The minimum absolute atomic E-state index is 0.0212. The normalized spacial score (nSPS) is 11.1. The van der Waals surface area contributed by atoms with Gasteiger partial charge in [-0.2, -0.15) is 5.26 Å². The van der Waals surface area contributed by atoms with Gasteiger partial charge in [0.1, 0.15) is 11.6 Å². The van der Waals surface area contributed by atoms with Crippen LogP contribution in [0.2, 0.25) is 0 Å². The van der Waals surface area contributed by atoms with E-state index >= 15 is 0 Å². The Balaban J connectivity index is 2.59. The quantitative estimate of drug-likeness (QED) is 0.533. The first-order valence-electron chi connectivity index (χ1n) is 7.00. The van der Waals surface area contributed by atoms with E-state index in [0.29, 0.717) is 11.1 Å². The van der Waals surface area contributed by atoms with E-state index in [-0.39, 0.29) is 11.4 Å². The molecule has 1 aromatic carbocycles. The van der Waals surface area contributed by atoms with Crippen LogP contribution in [0.15, 0.2) is 35.9 Å². The van der Waals surface area contributed by atoms with Gasteiger partial charge in [-0.15, -0.1) is 0 Å². The summed E-state index contributed by atoms with van der Waals surface area (Å²) in [6, 6.07) is 10.7. The zero-order valence-corrected chi connectivity index (χ0v) is 13.1. The van der Waals surface area contributed by atoms with Crippen molar-refractivity contribution in [1.82, 2.24) is 4.57 Å². The number of aliphatic carboxylic acids is 1. The summed E-state index contributed by atoms with van der Waals surface area (Å²) in [6.45, 7) is 5.24. The number of hydrogen-bond donors (Lipinski definition) is 1. The maximum atomic E-state index is 11.5. The van der Waals surface area contributed by atoms with Gasteiger partial charge in [0.15, 0.2) is 5.78 Å². The molecule has 0 aliphatic heterocycles. The first kappa shape index (κ1) is 16.2. The first-order chi connectivity index (χ1) is 10.8. The number of carbonyl (C=O) groups excluding carboxylic acids is 1. The highest BCUT2D eigenvalue weighted by molar-refractivity contribution is 5.97. The molecule has 0 saturated carbocycles. The number of nitriles is 1. The average Bonchev–Trinajstić information content (AvgIpc) is 2.78. The molecule has 23 heavy (non-hydrogen) atoms. The standard InChI is InChI=1S/C18H16N2O3/c1-11-7-15(8-16(10-19)18(22)23)12(2)20(11)17-6-4-5-14(9-17)13(3)21/h4-9H,1-3H3,(H,22,23)/b16-8+. The van der Waals surface area contributed by atoms with Crippen LogP contribution >= 0.6 is 0 Å². The third kappa shape index (κ3) is 3.22. The second-order valence-corrected chi connectivity index (χ2v) is 5.24. The van der Waals surface area contributed by atoms with Crippen molar-refractivity contribution in [2.45, 2.75) is 20.8 Å². The number of nitrogens with zero attached hydrogens (tertiary/aromatic N) is 2. The Bertz CT molecular complexity index is 867. The molecular weight excluding hydrogens is 292 g/mol. The van der Waals surface area contributed by atoms with E-state index in [1.54, 1.807) is 24.3 Å². The number of rotatable bonds is 4. The van der Waals surface area contributed by atoms with Gasteiger partial charge < -0.3 is 9.67 Å². The van der Waals surface area contributed by atoms with E-state index < -0.39 is 5.97 Å². The number of Topliss-reactive ketones (excluding diaryl/α,β-unsaturated/α-hetero) is 1. The van der Waals surface area contributed by atoms with Crippen LogP contribution in [0.25, 0.3) is 11.8 Å². The van der Waals surface area contributed by atoms with Crippen molar-refractivity contribution in [1.29, 1.82) is 5.26 Å². The molecule has 1 heterocycles. The highest BCUT2D eigenvalue weighted by atomic mass is 16.4. The topological polar surface area (TPSA) is 83.1 Å². The zero-order valence-electron chi connectivity index (χ0n) is 13.1. The molecular formula is C18H16N2O3. The van der Waals surface area contributed by atoms with Crippen molar-refractivity contribution in [3.8, 4) is 11.8 Å². The molecule has 116 valence electrons. The van der Waals surface area contributed by atoms with E-state index in [1.807, 2.05) is 30.5 Å². The summed E-state index contributed by atoms with van der Waals surface area (Å²) in [5.74, 6) is -1.28. The zero-order chi connectivity index (χ0) is 17.1. The number of hydrogen-bond acceptors (Lipinski definition) is 3. The fourth-order valence-corrected chi connectivity index (χ4v) is 2.49. The minimum Gasteiger partial charge on any atom is -0.477 e. The number of ketones is 1. The van der Waals surface area contributed by atoms with E-state index in [4.69, 9.17) is 10.4 Å². The maximum Gasteiger partial charge on any atom is 0.346 e. The van der Waals surface area contributed by atoms with Gasteiger partial charge in [0.25, 0.3) is 0 Å². The Kier molecular flexibility index (Phi) is 4.47. The maximum absolute atomic E-state index is 11.5. The fourth-order valence-electron chi connectivity index (χ4n) is 2.49. The molecule has 0 atom stereocenters. The highest BCUT2D eigenvalue weighted by Crippen LogP contribution is 2.23. The van der Waals surface area contributed by atoms with Gasteiger partial charge in [0.2, 0.25) is 0 Å². The van der Waals surface area contributed by atoms with E-state index in [0.717, 1.165) is 17.1 Å². The molecule has 2 aromatic rings. The number of carboxylic acids is 1. The minimum atomic E-state index is -1.25. The first-order valence-corrected chi connectivity index (χ1v) is 7.00. The van der Waals surface area contributed by atoms with Crippen LogP contribution in [0, 0.1) is 25.2 Å². The number of carbonyl (C=O) groups is 2. The SMILES string of the molecule is CC(=O)c1cccc(-n2c(C)cc(/C=C(\C#N)C(=O)O)c2C)c1. The van der Waals surface area contributed by atoms with E-state index in [2.05, 4.69) is 0 Å².